The van der Waals surface area contributed by atoms with Crippen LogP contribution in [0, 0.1) is 4.77 Å². The number of fused-ring (bicyclic) bond motifs is 1. The lowest BCUT2D eigenvalue weighted by Crippen LogP contribution is -2.01. The normalized spacial score (nSPS) is 11.0. The van der Waals surface area contributed by atoms with Crippen LogP contribution in [0.4, 0.5) is 0 Å². The molecule has 21 heavy (non-hydrogen) atoms. The molecule has 3 aromatic rings. The molecule has 0 saturated carbocycles. The molecule has 0 unspecified atom stereocenters. The summed E-state index contributed by atoms with van der Waals surface area (Å²) in [5.41, 5.74) is 1.92. The van der Waals surface area contributed by atoms with Gasteiger partial charge in [-0.1, -0.05) is 0 Å². The van der Waals surface area contributed by atoms with Crippen molar-refractivity contribution >= 4 is 23.3 Å². The Morgan fingerprint density at radius 3 is 2.67 bits per heavy atom. The van der Waals surface area contributed by atoms with Crippen molar-refractivity contribution in [3.63, 3.8) is 0 Å². The average Bonchev–Trinajstić information content (AvgIpc) is 3.10. The van der Waals surface area contributed by atoms with Gasteiger partial charge in [0.2, 0.25) is 0 Å². The lowest BCUT2D eigenvalue weighted by Gasteiger charge is -2.08. The SMILES string of the molecule is COc1cc2[nH]c(=S)n(CCc3ccco3)c2cc1OC. The van der Waals surface area contributed by atoms with Gasteiger partial charge in [-0.05, 0) is 24.4 Å². The highest BCUT2D eigenvalue weighted by molar-refractivity contribution is 7.71. The van der Waals surface area contributed by atoms with Gasteiger partial charge in [0, 0.05) is 25.1 Å². The van der Waals surface area contributed by atoms with Gasteiger partial charge >= 0.3 is 0 Å². The van der Waals surface area contributed by atoms with Crippen LogP contribution in [0.1, 0.15) is 5.76 Å². The molecule has 5 nitrogen and oxygen atoms in total. The summed E-state index contributed by atoms with van der Waals surface area (Å²) in [6, 6.07) is 7.68. The molecule has 0 amide bonds. The Hall–Kier alpha value is -2.21. The lowest BCUT2D eigenvalue weighted by atomic mass is 10.2. The van der Waals surface area contributed by atoms with Crippen molar-refractivity contribution in [2.45, 2.75) is 13.0 Å². The number of H-pyrrole nitrogens is 1. The summed E-state index contributed by atoms with van der Waals surface area (Å²) in [6.07, 6.45) is 2.46. The largest absolute Gasteiger partial charge is 0.493 e. The molecule has 0 aliphatic rings. The van der Waals surface area contributed by atoms with Gasteiger partial charge in [-0.3, -0.25) is 0 Å². The molecule has 1 aromatic carbocycles. The molecule has 0 fully saturated rings. The zero-order valence-electron chi connectivity index (χ0n) is 11.9. The van der Waals surface area contributed by atoms with Crippen molar-refractivity contribution in [1.82, 2.24) is 9.55 Å². The highest BCUT2D eigenvalue weighted by Gasteiger charge is 2.11. The number of benzene rings is 1. The predicted octanol–water partition coefficient (Wildman–Crippen LogP) is 3.55. The van der Waals surface area contributed by atoms with Crippen LogP contribution in [-0.2, 0) is 13.0 Å². The molecule has 0 radical (unpaired) electrons. The molecule has 0 spiro atoms. The van der Waals surface area contributed by atoms with E-state index >= 15 is 0 Å². The molecule has 1 N–H and O–H groups in total. The average molecular weight is 304 g/mol. The van der Waals surface area contributed by atoms with Crippen LogP contribution in [0.15, 0.2) is 34.9 Å². The highest BCUT2D eigenvalue weighted by atomic mass is 32.1. The molecule has 6 heteroatoms. The Morgan fingerprint density at radius 2 is 2.00 bits per heavy atom. The van der Waals surface area contributed by atoms with Crippen molar-refractivity contribution in [2.75, 3.05) is 14.2 Å². The van der Waals surface area contributed by atoms with Gasteiger partial charge in [0.15, 0.2) is 16.3 Å². The smallest absolute Gasteiger partial charge is 0.178 e. The van der Waals surface area contributed by atoms with Crippen LogP contribution in [0.3, 0.4) is 0 Å². The zero-order chi connectivity index (χ0) is 14.8. The number of nitrogens with zero attached hydrogens (tertiary/aromatic N) is 1. The number of imidazole rings is 1. The Kier molecular flexibility index (Phi) is 3.70. The summed E-state index contributed by atoms with van der Waals surface area (Å²) in [6.45, 7) is 0.738. The third-order valence-electron chi connectivity index (χ3n) is 3.44. The van der Waals surface area contributed by atoms with Crippen LogP contribution < -0.4 is 9.47 Å². The van der Waals surface area contributed by atoms with E-state index in [1.54, 1.807) is 20.5 Å². The van der Waals surface area contributed by atoms with Gasteiger partial charge in [-0.25, -0.2) is 0 Å². The van der Waals surface area contributed by atoms with E-state index in [-0.39, 0.29) is 0 Å². The van der Waals surface area contributed by atoms with Gasteiger partial charge in [-0.2, -0.15) is 0 Å². The minimum absolute atomic E-state index is 0.673. The molecule has 0 saturated heterocycles. The monoisotopic (exact) mass is 304 g/mol. The molecule has 0 atom stereocenters. The van der Waals surface area contributed by atoms with E-state index in [9.17, 15) is 0 Å². The predicted molar refractivity (Wildman–Crippen MR) is 82.6 cm³/mol. The summed E-state index contributed by atoms with van der Waals surface area (Å²) in [7, 11) is 3.24. The fraction of sp³-hybridized carbons (Fsp3) is 0.267. The minimum Gasteiger partial charge on any atom is -0.493 e. The first-order valence-corrected chi connectivity index (χ1v) is 7.00. The summed E-state index contributed by atoms with van der Waals surface area (Å²) in [5, 5.41) is 0. The fourth-order valence-corrected chi connectivity index (χ4v) is 2.68. The van der Waals surface area contributed by atoms with E-state index in [1.165, 1.54) is 0 Å². The maximum absolute atomic E-state index is 5.40. The summed E-state index contributed by atoms with van der Waals surface area (Å²) in [5.74, 6) is 2.30. The maximum Gasteiger partial charge on any atom is 0.178 e. The van der Waals surface area contributed by atoms with E-state index in [0.29, 0.717) is 16.3 Å². The molecule has 2 aromatic heterocycles. The van der Waals surface area contributed by atoms with Crippen LogP contribution in [0.5, 0.6) is 11.5 Å². The molecule has 0 aliphatic heterocycles. The van der Waals surface area contributed by atoms with Crippen LogP contribution in [0.2, 0.25) is 0 Å². The second kappa shape index (κ2) is 5.65. The van der Waals surface area contributed by atoms with Gasteiger partial charge < -0.3 is 23.4 Å². The Labute approximate surface area is 127 Å². The Balaban J connectivity index is 2.01. The number of furan rings is 1. The zero-order valence-corrected chi connectivity index (χ0v) is 12.7. The number of aryl methyl sites for hydroxylation is 2. The van der Waals surface area contributed by atoms with Crippen LogP contribution in [0.25, 0.3) is 11.0 Å². The fourth-order valence-electron chi connectivity index (χ4n) is 2.38. The number of rotatable bonds is 5. The molecule has 0 bridgehead atoms. The van der Waals surface area contributed by atoms with E-state index in [0.717, 1.165) is 29.8 Å². The quantitative estimate of drug-likeness (QED) is 0.732. The number of nitrogens with one attached hydrogen (secondary N) is 1. The first kappa shape index (κ1) is 13.8. The molecule has 3 rings (SSSR count). The Bertz CT molecular complexity index is 802. The molecule has 110 valence electrons. The van der Waals surface area contributed by atoms with E-state index in [2.05, 4.69) is 4.98 Å². The first-order valence-electron chi connectivity index (χ1n) is 6.60. The number of ether oxygens (including phenoxy) is 2. The van der Waals surface area contributed by atoms with Crippen molar-refractivity contribution in [3.8, 4) is 11.5 Å². The first-order chi connectivity index (χ1) is 10.2. The molecular formula is C15H16N2O3S. The van der Waals surface area contributed by atoms with E-state index < -0.39 is 0 Å². The number of aromatic amines is 1. The molecule has 2 heterocycles. The van der Waals surface area contributed by atoms with Crippen LogP contribution >= 0.6 is 12.2 Å². The minimum atomic E-state index is 0.673. The summed E-state index contributed by atoms with van der Waals surface area (Å²) in [4.78, 5) is 3.19. The molecular weight excluding hydrogens is 288 g/mol. The van der Waals surface area contributed by atoms with Gasteiger partial charge in [0.1, 0.15) is 5.76 Å². The van der Waals surface area contributed by atoms with Crippen LogP contribution in [-0.4, -0.2) is 23.8 Å². The number of hydrogen-bond donors (Lipinski definition) is 1. The topological polar surface area (TPSA) is 52.3 Å². The second-order valence-electron chi connectivity index (χ2n) is 4.64. The van der Waals surface area contributed by atoms with Gasteiger partial charge in [-0.15, -0.1) is 0 Å². The number of aromatic nitrogens is 2. The van der Waals surface area contributed by atoms with Crippen molar-refractivity contribution in [1.29, 1.82) is 0 Å². The lowest BCUT2D eigenvalue weighted by molar-refractivity contribution is 0.355. The Morgan fingerprint density at radius 1 is 1.24 bits per heavy atom. The third kappa shape index (κ3) is 2.54. The van der Waals surface area contributed by atoms with Crippen molar-refractivity contribution in [2.24, 2.45) is 0 Å². The number of methoxy groups -OCH3 is 2. The van der Waals surface area contributed by atoms with Gasteiger partial charge in [0.05, 0.1) is 31.5 Å². The standard InChI is InChI=1S/C15H16N2O3S/c1-18-13-8-11-12(9-14(13)19-2)17(15(21)16-11)6-5-10-4-3-7-20-10/h3-4,7-9H,5-6H2,1-2H3,(H,16,21). The summed E-state index contributed by atoms with van der Waals surface area (Å²) >= 11 is 5.40. The summed E-state index contributed by atoms with van der Waals surface area (Å²) < 4.78 is 18.7. The third-order valence-corrected chi connectivity index (χ3v) is 3.76. The van der Waals surface area contributed by atoms with Crippen molar-refractivity contribution in [3.05, 3.63) is 41.1 Å². The van der Waals surface area contributed by atoms with Crippen molar-refractivity contribution < 1.29 is 13.9 Å². The maximum atomic E-state index is 5.40. The molecule has 0 aliphatic carbocycles. The van der Waals surface area contributed by atoms with Gasteiger partial charge in [0.25, 0.3) is 0 Å². The van der Waals surface area contributed by atoms with E-state index in [4.69, 9.17) is 26.1 Å². The highest BCUT2D eigenvalue weighted by Crippen LogP contribution is 2.32. The second-order valence-corrected chi connectivity index (χ2v) is 5.02. The van der Waals surface area contributed by atoms with E-state index in [1.807, 2.05) is 28.8 Å². The number of hydrogen-bond acceptors (Lipinski definition) is 4.